The Hall–Kier alpha value is 0.116. The molecule has 14 heavy (non-hydrogen) atoms. The van der Waals surface area contributed by atoms with Gasteiger partial charge in [-0.05, 0) is 13.8 Å². The van der Waals surface area contributed by atoms with Crippen LogP contribution in [0.15, 0.2) is 11.8 Å². The van der Waals surface area contributed by atoms with Crippen LogP contribution in [0, 0.1) is 0 Å². The van der Waals surface area contributed by atoms with Gasteiger partial charge in [0.1, 0.15) is 6.54 Å². The van der Waals surface area contributed by atoms with Crippen molar-refractivity contribution in [3.8, 4) is 0 Å². The van der Waals surface area contributed by atoms with Crippen LogP contribution >= 0.6 is 0 Å². The Morgan fingerprint density at radius 1 is 1.50 bits per heavy atom. The number of carboxylic acids is 1. The number of carboxylic acid groups (broad SMARTS) is 1. The third kappa shape index (κ3) is 10.2. The molecule has 0 spiro atoms. The first-order chi connectivity index (χ1) is 6.06. The predicted molar refractivity (Wildman–Crippen MR) is 53.2 cm³/mol. The van der Waals surface area contributed by atoms with Gasteiger partial charge in [0.15, 0.2) is 0 Å². The molecule has 0 aliphatic heterocycles. The number of ether oxygens (including phenoxy) is 1. The van der Waals surface area contributed by atoms with Crippen molar-refractivity contribution in [3.63, 3.8) is 0 Å². The zero-order valence-electron chi connectivity index (χ0n) is 7.66. The van der Waals surface area contributed by atoms with Crippen LogP contribution in [0.25, 0.3) is 0 Å². The molecule has 0 saturated heterocycles. The van der Waals surface area contributed by atoms with E-state index in [-0.39, 0.29) is 57.9 Å². The summed E-state index contributed by atoms with van der Waals surface area (Å²) in [5.41, 5.74) is 0.473. The third-order valence-corrected chi connectivity index (χ3v) is 1.14. The van der Waals surface area contributed by atoms with E-state index < -0.39 is 11.9 Å². The van der Waals surface area contributed by atoms with Crippen molar-refractivity contribution in [2.24, 2.45) is 0 Å². The van der Waals surface area contributed by atoms with Crippen molar-refractivity contribution in [1.82, 2.24) is 5.32 Å². The van der Waals surface area contributed by atoms with Crippen LogP contribution in [0.4, 0.5) is 0 Å². The van der Waals surface area contributed by atoms with Gasteiger partial charge in [0.25, 0.3) is 0 Å². The summed E-state index contributed by atoms with van der Waals surface area (Å²) in [5.74, 6) is -1.45. The van der Waals surface area contributed by atoms with Gasteiger partial charge in [0.2, 0.25) is 0 Å². The molecule has 6 heteroatoms. The SMILES string of the molecule is CCOC(=O)C=C(C)NCC(=O)O.[KH]. The molecule has 0 amide bonds. The number of carbonyl (C=O) groups excluding carboxylic acids is 1. The molecule has 76 valence electrons. The van der Waals surface area contributed by atoms with E-state index in [0.717, 1.165) is 0 Å². The van der Waals surface area contributed by atoms with Gasteiger partial charge < -0.3 is 15.2 Å². The normalized spacial score (nSPS) is 10.0. The summed E-state index contributed by atoms with van der Waals surface area (Å²) in [4.78, 5) is 20.9. The summed E-state index contributed by atoms with van der Waals surface area (Å²) >= 11 is 0. The summed E-state index contributed by atoms with van der Waals surface area (Å²) in [6.07, 6.45) is 1.21. The van der Waals surface area contributed by atoms with Gasteiger partial charge in [-0.25, -0.2) is 4.79 Å². The average molecular weight is 227 g/mol. The fourth-order valence-electron chi connectivity index (χ4n) is 0.627. The fraction of sp³-hybridized carbons (Fsp3) is 0.500. The number of aliphatic carboxylic acids is 1. The Morgan fingerprint density at radius 3 is 2.50 bits per heavy atom. The van der Waals surface area contributed by atoms with Crippen LogP contribution in [0.1, 0.15) is 13.8 Å². The van der Waals surface area contributed by atoms with Gasteiger partial charge in [0.05, 0.1) is 6.61 Å². The number of hydrogen-bond donors (Lipinski definition) is 2. The quantitative estimate of drug-likeness (QED) is 0.375. The molecule has 0 atom stereocenters. The number of carbonyl (C=O) groups is 2. The molecule has 0 aliphatic rings. The van der Waals surface area contributed by atoms with Gasteiger partial charge >= 0.3 is 63.3 Å². The summed E-state index contributed by atoms with van der Waals surface area (Å²) in [6, 6.07) is 0. The summed E-state index contributed by atoms with van der Waals surface area (Å²) in [6.45, 7) is 3.40. The van der Waals surface area contributed by atoms with Crippen LogP contribution in [-0.4, -0.2) is 81.6 Å². The topological polar surface area (TPSA) is 75.6 Å². The maximum atomic E-state index is 10.8. The van der Waals surface area contributed by atoms with Gasteiger partial charge in [-0.1, -0.05) is 0 Å². The molecule has 5 nitrogen and oxygen atoms in total. The van der Waals surface area contributed by atoms with E-state index in [2.05, 4.69) is 10.1 Å². The monoisotopic (exact) mass is 227 g/mol. The van der Waals surface area contributed by atoms with Crippen molar-refractivity contribution < 1.29 is 19.4 Å². The molecule has 0 rings (SSSR count). The zero-order chi connectivity index (χ0) is 10.3. The van der Waals surface area contributed by atoms with Gasteiger partial charge in [-0.3, -0.25) is 4.79 Å². The van der Waals surface area contributed by atoms with Crippen LogP contribution in [0.2, 0.25) is 0 Å². The zero-order valence-corrected chi connectivity index (χ0v) is 7.66. The minimum absolute atomic E-state index is 0. The number of nitrogens with one attached hydrogen (secondary N) is 1. The molecule has 0 aromatic carbocycles. The molecule has 0 bridgehead atoms. The Labute approximate surface area is 125 Å². The van der Waals surface area contributed by atoms with E-state index in [9.17, 15) is 9.59 Å². The Kier molecular flexibility index (Phi) is 11.4. The molecule has 0 aromatic rings. The Bertz CT molecular complexity index is 227. The van der Waals surface area contributed by atoms with Crippen LogP contribution in [-0.2, 0) is 14.3 Å². The summed E-state index contributed by atoms with van der Waals surface area (Å²) in [7, 11) is 0. The van der Waals surface area contributed by atoms with E-state index >= 15 is 0 Å². The maximum absolute atomic E-state index is 10.8. The molecular weight excluding hydrogens is 213 g/mol. The standard InChI is InChI=1S/C8H13NO4.K.H/c1-3-13-8(12)4-6(2)9-5-7(10)11;;/h4,9H,3,5H2,1-2H3,(H,10,11);;. The summed E-state index contributed by atoms with van der Waals surface area (Å²) < 4.78 is 4.62. The molecule has 0 aromatic heterocycles. The molecule has 0 saturated carbocycles. The molecule has 2 N–H and O–H groups in total. The third-order valence-electron chi connectivity index (χ3n) is 1.14. The second-order valence-corrected chi connectivity index (χ2v) is 2.33. The number of hydrogen-bond acceptors (Lipinski definition) is 4. The van der Waals surface area contributed by atoms with E-state index in [1.54, 1.807) is 13.8 Å². The van der Waals surface area contributed by atoms with Crippen molar-refractivity contribution in [2.75, 3.05) is 13.2 Å². The summed E-state index contributed by atoms with van der Waals surface area (Å²) in [5, 5.41) is 10.8. The average Bonchev–Trinajstić information content (AvgIpc) is 2.01. The Balaban J connectivity index is 0. The van der Waals surface area contributed by atoms with Crippen molar-refractivity contribution >= 4 is 63.3 Å². The first-order valence-corrected chi connectivity index (χ1v) is 3.87. The molecule has 0 unspecified atom stereocenters. The van der Waals surface area contributed by atoms with Crippen LogP contribution < -0.4 is 5.32 Å². The number of esters is 1. The van der Waals surface area contributed by atoms with Crippen molar-refractivity contribution in [2.45, 2.75) is 13.8 Å². The van der Waals surface area contributed by atoms with Gasteiger partial charge in [0, 0.05) is 11.8 Å². The van der Waals surface area contributed by atoms with Crippen molar-refractivity contribution in [3.05, 3.63) is 11.8 Å². The second-order valence-electron chi connectivity index (χ2n) is 2.33. The second kappa shape index (κ2) is 9.66. The first kappa shape index (κ1) is 16.5. The minimum atomic E-state index is -0.975. The molecule has 0 radical (unpaired) electrons. The predicted octanol–water partition coefficient (Wildman–Crippen LogP) is -0.521. The van der Waals surface area contributed by atoms with Crippen LogP contribution in [0.5, 0.6) is 0 Å². The van der Waals surface area contributed by atoms with E-state index in [1.165, 1.54) is 6.08 Å². The fourth-order valence-corrected chi connectivity index (χ4v) is 0.627. The Morgan fingerprint density at radius 2 is 2.07 bits per heavy atom. The van der Waals surface area contributed by atoms with Gasteiger partial charge in [-0.2, -0.15) is 0 Å². The van der Waals surface area contributed by atoms with E-state index in [4.69, 9.17) is 5.11 Å². The number of rotatable bonds is 5. The van der Waals surface area contributed by atoms with Crippen LogP contribution in [0.3, 0.4) is 0 Å². The molecule has 0 fully saturated rings. The molecule has 0 heterocycles. The number of allylic oxidation sites excluding steroid dienone is 1. The van der Waals surface area contributed by atoms with E-state index in [0.29, 0.717) is 12.3 Å². The molecular formula is C8H14KNO4. The van der Waals surface area contributed by atoms with Crippen molar-refractivity contribution in [1.29, 1.82) is 0 Å². The van der Waals surface area contributed by atoms with Gasteiger partial charge in [-0.15, -0.1) is 0 Å². The first-order valence-electron chi connectivity index (χ1n) is 3.87. The molecule has 0 aliphatic carbocycles. The van der Waals surface area contributed by atoms with E-state index in [1.807, 2.05) is 0 Å².